The van der Waals surface area contributed by atoms with E-state index >= 15 is 0 Å². The summed E-state index contributed by atoms with van der Waals surface area (Å²) in [6, 6.07) is 22.4. The van der Waals surface area contributed by atoms with E-state index in [4.69, 9.17) is 5.73 Å². The smallest absolute Gasteiger partial charge is 0.254 e. The molecule has 30 heavy (non-hydrogen) atoms. The third kappa shape index (κ3) is 3.98. The van der Waals surface area contributed by atoms with Gasteiger partial charge < -0.3 is 16.4 Å². The molecule has 0 aromatic heterocycles. The molecule has 0 bridgehead atoms. The lowest BCUT2D eigenvalue weighted by Gasteiger charge is -2.23. The van der Waals surface area contributed by atoms with Gasteiger partial charge in [-0.1, -0.05) is 60.7 Å². The van der Waals surface area contributed by atoms with Gasteiger partial charge in [0, 0.05) is 12.0 Å². The number of hydrogen-bond acceptors (Lipinski definition) is 3. The van der Waals surface area contributed by atoms with Crippen LogP contribution in [0.3, 0.4) is 0 Å². The first kappa shape index (κ1) is 19.9. The number of amides is 2. The summed E-state index contributed by atoms with van der Waals surface area (Å²) in [4.78, 5) is 25.7. The van der Waals surface area contributed by atoms with E-state index in [1.54, 1.807) is 6.07 Å². The van der Waals surface area contributed by atoms with Crippen LogP contribution in [0.2, 0.25) is 0 Å². The second kappa shape index (κ2) is 7.76. The molecule has 1 heterocycles. The summed E-state index contributed by atoms with van der Waals surface area (Å²) < 4.78 is 0. The van der Waals surface area contributed by atoms with Crippen molar-refractivity contribution in [1.29, 1.82) is 0 Å². The summed E-state index contributed by atoms with van der Waals surface area (Å²) in [5.74, 6) is -0.488. The van der Waals surface area contributed by atoms with Crippen molar-refractivity contribution in [2.24, 2.45) is 5.73 Å². The number of anilines is 1. The van der Waals surface area contributed by atoms with E-state index in [0.717, 1.165) is 22.3 Å². The average Bonchev–Trinajstić information content (AvgIpc) is 2.84. The fourth-order valence-electron chi connectivity index (χ4n) is 3.82. The molecule has 3 aromatic carbocycles. The molecule has 0 spiro atoms. The number of nitrogens with one attached hydrogen (secondary N) is 2. The fraction of sp³-hybridized carbons (Fsp3) is 0.200. The molecule has 5 nitrogen and oxygen atoms in total. The van der Waals surface area contributed by atoms with Crippen LogP contribution in [0.15, 0.2) is 72.8 Å². The number of carbonyl (C=O) groups excluding carboxylic acids is 2. The Labute approximate surface area is 176 Å². The van der Waals surface area contributed by atoms with Crippen molar-refractivity contribution < 1.29 is 9.59 Å². The molecule has 0 aliphatic carbocycles. The molecule has 3 aromatic rings. The van der Waals surface area contributed by atoms with Crippen LogP contribution in [0.1, 0.15) is 35.3 Å². The quantitative estimate of drug-likeness (QED) is 0.623. The van der Waals surface area contributed by atoms with E-state index in [1.807, 2.05) is 80.6 Å². The molecule has 4 rings (SSSR count). The second-order valence-electron chi connectivity index (χ2n) is 8.23. The molecule has 1 atom stereocenters. The van der Waals surface area contributed by atoms with Gasteiger partial charge in [0.1, 0.15) is 6.04 Å². The van der Waals surface area contributed by atoms with Gasteiger partial charge in [-0.2, -0.15) is 0 Å². The highest BCUT2D eigenvalue weighted by molar-refractivity contribution is 6.10. The molecular weight excluding hydrogens is 374 g/mol. The van der Waals surface area contributed by atoms with Crippen molar-refractivity contribution >= 4 is 17.5 Å². The normalized spacial score (nSPS) is 16.3. The summed E-state index contributed by atoms with van der Waals surface area (Å²) in [6.07, 6.45) is 0.434. The Hall–Kier alpha value is -3.44. The van der Waals surface area contributed by atoms with Crippen LogP contribution in [0, 0.1) is 0 Å². The minimum atomic E-state index is -0.633. The summed E-state index contributed by atoms with van der Waals surface area (Å²) in [7, 11) is 0. The highest BCUT2D eigenvalue weighted by atomic mass is 16.2. The molecule has 0 fully saturated rings. The van der Waals surface area contributed by atoms with Gasteiger partial charge in [0.25, 0.3) is 5.91 Å². The van der Waals surface area contributed by atoms with Gasteiger partial charge in [-0.15, -0.1) is 0 Å². The lowest BCUT2D eigenvalue weighted by atomic mass is 9.87. The summed E-state index contributed by atoms with van der Waals surface area (Å²) >= 11 is 0. The van der Waals surface area contributed by atoms with E-state index in [-0.39, 0.29) is 11.8 Å². The minimum absolute atomic E-state index is 0.220. The van der Waals surface area contributed by atoms with Crippen molar-refractivity contribution in [2.45, 2.75) is 31.8 Å². The van der Waals surface area contributed by atoms with Gasteiger partial charge in [0.2, 0.25) is 5.91 Å². The molecule has 0 unspecified atom stereocenters. The Kier molecular flexibility index (Phi) is 5.14. The molecule has 0 saturated carbocycles. The largest absolute Gasteiger partial charge is 0.340 e. The van der Waals surface area contributed by atoms with Crippen molar-refractivity contribution in [3.05, 3.63) is 89.5 Å². The molecule has 1 aliphatic heterocycles. The Morgan fingerprint density at radius 2 is 1.60 bits per heavy atom. The first-order valence-electron chi connectivity index (χ1n) is 10.0. The number of benzene rings is 3. The zero-order valence-corrected chi connectivity index (χ0v) is 17.1. The zero-order valence-electron chi connectivity index (χ0n) is 17.1. The minimum Gasteiger partial charge on any atom is -0.340 e. The molecule has 2 amide bonds. The topological polar surface area (TPSA) is 84.2 Å². The molecule has 5 heteroatoms. The Morgan fingerprint density at radius 1 is 0.900 bits per heavy atom. The monoisotopic (exact) mass is 399 g/mol. The maximum atomic E-state index is 13.0. The van der Waals surface area contributed by atoms with E-state index < -0.39 is 11.6 Å². The van der Waals surface area contributed by atoms with Crippen LogP contribution in [-0.2, 0) is 16.8 Å². The van der Waals surface area contributed by atoms with Crippen LogP contribution in [0.4, 0.5) is 5.69 Å². The van der Waals surface area contributed by atoms with Gasteiger partial charge in [-0.05, 0) is 48.2 Å². The molecule has 0 saturated heterocycles. The molecular formula is C25H25N3O2. The van der Waals surface area contributed by atoms with Crippen LogP contribution in [-0.4, -0.2) is 17.9 Å². The third-order valence-electron chi connectivity index (χ3n) is 5.36. The maximum absolute atomic E-state index is 13.0. The molecule has 152 valence electrons. The number of hydrogen-bond donors (Lipinski definition) is 3. The first-order valence-corrected chi connectivity index (χ1v) is 10.0. The van der Waals surface area contributed by atoms with E-state index in [0.29, 0.717) is 17.7 Å². The SMILES string of the molecule is CC(C)(N)c1ccccc1-c1ccc2c(c1)C(=O)N[C@H](Cc1ccccc1)C(=O)N2. The van der Waals surface area contributed by atoms with Crippen molar-refractivity contribution in [2.75, 3.05) is 5.32 Å². The predicted molar refractivity (Wildman–Crippen MR) is 119 cm³/mol. The Balaban J connectivity index is 1.68. The highest BCUT2D eigenvalue weighted by Gasteiger charge is 2.28. The summed E-state index contributed by atoms with van der Waals surface area (Å²) in [5, 5.41) is 5.78. The number of rotatable bonds is 4. The maximum Gasteiger partial charge on any atom is 0.254 e. The number of nitrogens with two attached hydrogens (primary N) is 1. The average molecular weight is 399 g/mol. The van der Waals surface area contributed by atoms with Gasteiger partial charge in [0.05, 0.1) is 11.3 Å². The van der Waals surface area contributed by atoms with Crippen LogP contribution in [0.25, 0.3) is 11.1 Å². The highest BCUT2D eigenvalue weighted by Crippen LogP contribution is 2.33. The molecule has 1 aliphatic rings. The van der Waals surface area contributed by atoms with Crippen LogP contribution >= 0.6 is 0 Å². The summed E-state index contributed by atoms with van der Waals surface area (Å²) in [5.41, 5.74) is 10.6. The van der Waals surface area contributed by atoms with Crippen LogP contribution < -0.4 is 16.4 Å². The van der Waals surface area contributed by atoms with Gasteiger partial charge >= 0.3 is 0 Å². The van der Waals surface area contributed by atoms with Crippen LogP contribution in [0.5, 0.6) is 0 Å². The summed E-state index contributed by atoms with van der Waals surface area (Å²) in [6.45, 7) is 3.91. The Morgan fingerprint density at radius 3 is 2.33 bits per heavy atom. The number of fused-ring (bicyclic) bond motifs is 1. The Bertz CT molecular complexity index is 1100. The lowest BCUT2D eigenvalue weighted by Crippen LogP contribution is -2.42. The van der Waals surface area contributed by atoms with E-state index in [1.165, 1.54) is 0 Å². The van der Waals surface area contributed by atoms with E-state index in [9.17, 15) is 9.59 Å². The van der Waals surface area contributed by atoms with Crippen molar-refractivity contribution in [1.82, 2.24) is 5.32 Å². The van der Waals surface area contributed by atoms with Crippen molar-refractivity contribution in [3.8, 4) is 11.1 Å². The molecule has 0 radical (unpaired) electrons. The lowest BCUT2D eigenvalue weighted by molar-refractivity contribution is -0.117. The van der Waals surface area contributed by atoms with Gasteiger partial charge in [0.15, 0.2) is 0 Å². The predicted octanol–water partition coefficient (Wildman–Crippen LogP) is 3.84. The van der Waals surface area contributed by atoms with E-state index in [2.05, 4.69) is 10.6 Å². The van der Waals surface area contributed by atoms with Crippen molar-refractivity contribution in [3.63, 3.8) is 0 Å². The number of carbonyl (C=O) groups is 2. The zero-order chi connectivity index (χ0) is 21.3. The third-order valence-corrected chi connectivity index (χ3v) is 5.36. The first-order chi connectivity index (χ1) is 14.3. The fourth-order valence-corrected chi connectivity index (χ4v) is 3.82. The standard InChI is InChI=1S/C25H25N3O2/c1-25(2,26)20-11-7-6-10-18(20)17-12-13-21-19(15-17)23(29)28-22(24(30)27-21)14-16-8-4-3-5-9-16/h3-13,15,22H,14,26H2,1-2H3,(H,27,30)(H,28,29)/t22-/m1/s1. The van der Waals surface area contributed by atoms with Gasteiger partial charge in [-0.3, -0.25) is 9.59 Å². The van der Waals surface area contributed by atoms with Gasteiger partial charge in [-0.25, -0.2) is 0 Å². The second-order valence-corrected chi connectivity index (χ2v) is 8.23. The molecule has 4 N–H and O–H groups in total.